The van der Waals surface area contributed by atoms with Crippen LogP contribution in [0.3, 0.4) is 0 Å². The summed E-state index contributed by atoms with van der Waals surface area (Å²) in [4.78, 5) is 149. The quantitative estimate of drug-likeness (QED) is 0.0385. The predicted molar refractivity (Wildman–Crippen MR) is 437 cm³/mol. The van der Waals surface area contributed by atoms with Crippen LogP contribution in [0, 0.1) is 29.6 Å². The van der Waals surface area contributed by atoms with Gasteiger partial charge in [-0.15, -0.1) is 6.58 Å². The topological polar surface area (TPSA) is 580 Å². The second kappa shape index (κ2) is 37.2. The van der Waals surface area contributed by atoms with Crippen molar-refractivity contribution in [2.24, 2.45) is 41.1 Å². The highest BCUT2D eigenvalue weighted by Gasteiger charge is 2.58. The van der Waals surface area contributed by atoms with Crippen molar-refractivity contribution in [3.05, 3.63) is 171 Å². The van der Waals surface area contributed by atoms with E-state index in [2.05, 4.69) is 49.1 Å². The summed E-state index contributed by atoms with van der Waals surface area (Å²) in [5.74, 6) is -20.4. The van der Waals surface area contributed by atoms with Crippen molar-refractivity contribution in [1.82, 2.24) is 47.4 Å². The van der Waals surface area contributed by atoms with E-state index in [0.29, 0.717) is 6.42 Å². The number of carbonyl (C=O) groups is 10. The Kier molecular flexibility index (Phi) is 27.1. The largest absolute Gasteiger partial charge is 0.507 e. The molecule has 0 aromatic heterocycles. The maximum Gasteiger partial charge on any atom is 0.330 e. The summed E-state index contributed by atoms with van der Waals surface area (Å²) in [6, 6.07) is 7.04. The van der Waals surface area contributed by atoms with Gasteiger partial charge < -0.3 is 128 Å². The molecule has 124 heavy (non-hydrogen) atoms. The molecule has 8 aliphatic heterocycles. The summed E-state index contributed by atoms with van der Waals surface area (Å²) in [6.07, 6.45) is -13.2. The minimum atomic E-state index is -2.42. The number of aliphatic hydroxyl groups is 6. The number of carboxylic acid groups (broad SMARTS) is 1. The third kappa shape index (κ3) is 18.6. The van der Waals surface area contributed by atoms with Gasteiger partial charge in [-0.3, -0.25) is 53.4 Å². The number of primary amides is 1. The number of phenols is 3. The van der Waals surface area contributed by atoms with Gasteiger partial charge in [0.15, 0.2) is 29.9 Å². The second-order valence-electron chi connectivity index (χ2n) is 32.3. The molecule has 6 aromatic rings. The van der Waals surface area contributed by atoms with Gasteiger partial charge in [-0.2, -0.15) is 0 Å². The Bertz CT molecular complexity index is 5220. The Hall–Kier alpha value is -11.4. The van der Waals surface area contributed by atoms with E-state index in [0.717, 1.165) is 71.1 Å². The number of ether oxygens (including phenoxy) is 6. The molecule has 1 saturated carbocycles. The molecule has 0 radical (unpaired) electrons. The zero-order valence-corrected chi connectivity index (χ0v) is 68.8. The molecule has 11 bridgehead atoms. The van der Waals surface area contributed by atoms with Crippen LogP contribution in [0.5, 0.6) is 46.0 Å². The van der Waals surface area contributed by atoms with Crippen molar-refractivity contribution in [3.8, 4) is 57.1 Å². The lowest BCUT2D eigenvalue weighted by molar-refractivity contribution is -0.333. The smallest absolute Gasteiger partial charge is 0.330 e. The Morgan fingerprint density at radius 2 is 1.35 bits per heavy atom. The van der Waals surface area contributed by atoms with Gasteiger partial charge in [-0.05, 0) is 134 Å². The molecule has 22 N–H and O–H groups in total. The molecule has 39 heteroatoms. The van der Waals surface area contributed by atoms with Crippen LogP contribution in [-0.4, -0.2) is 214 Å². The van der Waals surface area contributed by atoms with Crippen molar-refractivity contribution in [2.75, 3.05) is 20.3 Å². The van der Waals surface area contributed by atoms with Crippen LogP contribution >= 0.6 is 23.2 Å². The van der Waals surface area contributed by atoms with Gasteiger partial charge in [0.05, 0.1) is 65.4 Å². The Balaban J connectivity index is 0.977. The number of nitrogens with zero attached hydrogens (tertiary/aromatic N) is 1. The van der Waals surface area contributed by atoms with Crippen LogP contribution in [-0.2, 0) is 68.7 Å². The molecular weight excluding hydrogens is 1660 g/mol. The number of rotatable bonds is 20. The fourth-order valence-corrected chi connectivity index (χ4v) is 17.2. The van der Waals surface area contributed by atoms with E-state index >= 15 is 24.0 Å². The highest BCUT2D eigenvalue weighted by Crippen LogP contribution is 2.53. The molecule has 7 unspecified atom stereocenters. The van der Waals surface area contributed by atoms with Crippen LogP contribution in [0.2, 0.25) is 10.0 Å². The number of halogens is 2. The Morgan fingerprint density at radius 3 is 1.95 bits per heavy atom. The number of nitrogens with two attached hydrogens (primary N) is 2. The van der Waals surface area contributed by atoms with E-state index in [-0.39, 0.29) is 35.6 Å². The maximum atomic E-state index is 16.4. The van der Waals surface area contributed by atoms with Crippen molar-refractivity contribution in [1.29, 1.82) is 0 Å². The average Bonchev–Trinajstić information content (AvgIpc) is 1.56. The molecule has 4 fully saturated rings. The van der Waals surface area contributed by atoms with Crippen molar-refractivity contribution in [2.45, 2.75) is 169 Å². The van der Waals surface area contributed by atoms with Crippen molar-refractivity contribution >= 4 is 88.4 Å². The van der Waals surface area contributed by atoms with Gasteiger partial charge in [0.25, 0.3) is 0 Å². The van der Waals surface area contributed by atoms with E-state index in [1.54, 1.807) is 6.08 Å². The lowest BCUT2D eigenvalue weighted by atomic mass is 9.86. The maximum absolute atomic E-state index is 16.4. The van der Waals surface area contributed by atoms with E-state index in [4.69, 9.17) is 63.1 Å². The molecule has 9 amide bonds. The first-order chi connectivity index (χ1) is 58.9. The van der Waals surface area contributed by atoms with Gasteiger partial charge >= 0.3 is 5.97 Å². The lowest BCUT2D eigenvalue weighted by Gasteiger charge is -2.47. The molecule has 9 aliphatic rings. The van der Waals surface area contributed by atoms with Gasteiger partial charge in [-0.1, -0.05) is 104 Å². The number of carboxylic acids is 1. The predicted octanol–water partition coefficient (Wildman–Crippen LogP) is 2.29. The second-order valence-corrected chi connectivity index (χ2v) is 33.1. The number of carbonyl (C=O) groups excluding carboxylic acids is 9. The normalized spacial score (nSPS) is 29.7. The first-order valence-corrected chi connectivity index (χ1v) is 40.5. The van der Waals surface area contributed by atoms with E-state index in [9.17, 15) is 75.0 Å². The summed E-state index contributed by atoms with van der Waals surface area (Å²) in [5.41, 5.74) is 7.94. The monoisotopic (exact) mass is 1760 g/mol. The van der Waals surface area contributed by atoms with E-state index in [1.165, 1.54) is 33.0 Å². The first kappa shape index (κ1) is 90.3. The van der Waals surface area contributed by atoms with Gasteiger partial charge in [0, 0.05) is 35.2 Å². The molecule has 15 rings (SSSR count). The Labute approximate surface area is 718 Å². The zero-order chi connectivity index (χ0) is 89.5. The average molecular weight is 1760 g/mol. The SMILES string of the molecule is C=CC1CC(/C=C/c2ccccc2)[C@H]2C(=O)N(CNCc3c(O)cc4c(c3O)-c3cc(ccc3O)[C@H]3NC(=O)[C@@H]5NC(=O)[C@H](CC(N)=O)NC(=O)C(NC(=O)[C@H](CC(C)C)NC)[C@H](O)c6ccc(c(Cl)c6)Oc6cc5cc(c6O[C@H]5OC(CO)[C@H](O)[C@H](O)C5O[C@H]5CC(C)(N)[C@H](O)C(C)O5)Oc5ccc(cc5Cl)[C@@H](O)[C@H](NC3=O)C(=O)N[C@@H]4C(=O)O)C(=O)[C@@H]12. The number of phenolic OH excluding ortho intramolecular Hbond substituents is 3. The zero-order valence-electron chi connectivity index (χ0n) is 67.3. The Morgan fingerprint density at radius 1 is 0.726 bits per heavy atom. The molecule has 6 aromatic carbocycles. The number of fused-ring (bicyclic) bond motifs is 16. The number of hydrogen-bond acceptors (Lipinski definition) is 28. The van der Waals surface area contributed by atoms with Crippen LogP contribution in [0.4, 0.5) is 0 Å². The van der Waals surface area contributed by atoms with E-state index < -0.39 is 302 Å². The summed E-state index contributed by atoms with van der Waals surface area (Å²) in [6.45, 7) is 8.40. The number of amides is 9. The number of likely N-dealkylation sites (N-methyl/N-ethyl adjacent to an activating group) is 1. The lowest BCUT2D eigenvalue weighted by Crippen LogP contribution is -2.64. The summed E-state index contributed by atoms with van der Waals surface area (Å²) in [7, 11) is 1.46. The van der Waals surface area contributed by atoms with Gasteiger partial charge in [0.1, 0.15) is 89.5 Å². The summed E-state index contributed by atoms with van der Waals surface area (Å²) in [5, 5.41) is 138. The molecule has 8 heterocycles. The number of nitrogens with one attached hydrogen (secondary N) is 8. The van der Waals surface area contributed by atoms with Gasteiger partial charge in [0.2, 0.25) is 65.2 Å². The summed E-state index contributed by atoms with van der Waals surface area (Å²) < 4.78 is 38.6. The molecule has 1 aliphatic carbocycles. The molecule has 3 saturated heterocycles. The standard InChI is InChI=1S/C85H95Cl2N11O26/c1-7-37-22-38(14-13-36-11-9-8-10-12-36)60-59(37)81(115)98(82(60)116)33-91-31-45-51(101)28-44-61(69(45)105)43-23-39(15-18-50(43)100)62-77(111)97-66(80(114)95-64(44)83(117)118)68(104)41-17-20-53(47(87)25-41)121-55-27-42-26-54(72(55)124-84-73(71(107)70(106)56(32-99)122-84)123-58-30-85(5,89)74(108)35(4)119-58)120-52-19-16-40(24-46(52)86)67(103)65(96-75(109)48(90-6)21-34(2)3)79(113)92-49(29-57(88)102)76(110)93-63(42)78(112)94-62/h7-20,23-28,34-35,37-38,48-49,56,58-60,62-68,70-71,73-74,84,90-91,99-101,103-108H,1,21-22,29-33,89H2,2-6H3,(H2,88,102)(H,92,113)(H,93,110)(H,94,112)(H,95,114)(H,96,109)(H,97,111)(H,117,118)/b14-13+/t35?,37?,38?,48-,49-,56?,58-,59-,60+,62+,63+,64-,65?,66-,67+,68+,70-,71-,73?,74+,84+,85?/m0/s1. The first-order valence-electron chi connectivity index (χ1n) is 39.8. The number of likely N-dealkylation sites (tertiary alicyclic amines) is 1. The highest BCUT2D eigenvalue weighted by molar-refractivity contribution is 6.32. The third-order valence-electron chi connectivity index (χ3n) is 23.2. The molecule has 660 valence electrons. The minimum Gasteiger partial charge on any atom is -0.507 e. The van der Waals surface area contributed by atoms with Crippen LogP contribution in [0.1, 0.15) is 123 Å². The van der Waals surface area contributed by atoms with E-state index in [1.807, 2.05) is 56.3 Å². The number of aliphatic hydroxyl groups excluding tert-OH is 6. The van der Waals surface area contributed by atoms with Gasteiger partial charge in [-0.25, -0.2) is 4.79 Å². The molecule has 22 atom stereocenters. The molecule has 37 nitrogen and oxygen atoms in total. The number of aliphatic carboxylic acids is 1. The molecule has 0 spiro atoms. The van der Waals surface area contributed by atoms with Crippen molar-refractivity contribution in [3.63, 3.8) is 0 Å². The van der Waals surface area contributed by atoms with Crippen molar-refractivity contribution < 1.29 is 127 Å². The fourth-order valence-electron chi connectivity index (χ4n) is 16.7. The highest BCUT2D eigenvalue weighted by atomic mass is 35.5. The van der Waals surface area contributed by atoms with Crippen LogP contribution in [0.15, 0.2) is 122 Å². The van der Waals surface area contributed by atoms with Crippen LogP contribution in [0.25, 0.3) is 17.2 Å². The summed E-state index contributed by atoms with van der Waals surface area (Å²) >= 11 is 14.3. The minimum absolute atomic E-state index is 0.125. The fraction of sp³-hybridized carbons (Fsp3) is 0.412. The van der Waals surface area contributed by atoms with Crippen LogP contribution < -0.4 is 68.2 Å². The third-order valence-corrected chi connectivity index (χ3v) is 23.8. The number of aromatic hydroxyl groups is 3. The number of imide groups is 1. The number of hydrogen-bond donors (Lipinski definition) is 20. The number of benzene rings is 6. The number of allylic oxidation sites excluding steroid dienone is 2. The molecular formula is C85H95Cl2N11O26.